The molecular weight excluding hydrogens is 444 g/mol. The highest BCUT2D eigenvalue weighted by molar-refractivity contribution is 5.89. The maximum atomic E-state index is 13.1. The summed E-state index contributed by atoms with van der Waals surface area (Å²) in [6.07, 6.45) is 2.63. The van der Waals surface area contributed by atoms with Gasteiger partial charge in [-0.25, -0.2) is 4.79 Å². The number of carbonyl (C=O) groups is 3. The number of rotatable bonds is 8. The number of carboxylic acids is 1. The summed E-state index contributed by atoms with van der Waals surface area (Å²) >= 11 is 0. The topological polar surface area (TPSA) is 95.9 Å². The lowest BCUT2D eigenvalue weighted by atomic mass is 9.74. The molecule has 35 heavy (non-hydrogen) atoms. The normalized spacial score (nSPS) is 17.3. The number of alkyl carbamates (subject to hydrolysis) is 1. The molecule has 2 amide bonds. The molecule has 1 aliphatic heterocycles. The van der Waals surface area contributed by atoms with Crippen molar-refractivity contribution in [3.63, 3.8) is 0 Å². The quantitative estimate of drug-likeness (QED) is 0.568. The lowest BCUT2D eigenvalue weighted by Gasteiger charge is -2.41. The number of nitrogens with one attached hydrogen (secondary N) is 1. The van der Waals surface area contributed by atoms with E-state index in [-0.39, 0.29) is 23.8 Å². The van der Waals surface area contributed by atoms with Crippen molar-refractivity contribution in [1.29, 1.82) is 0 Å². The Labute approximate surface area is 206 Å². The van der Waals surface area contributed by atoms with Crippen molar-refractivity contribution < 1.29 is 24.2 Å². The molecule has 0 saturated carbocycles. The van der Waals surface area contributed by atoms with Crippen molar-refractivity contribution in [3.05, 3.63) is 59.7 Å². The van der Waals surface area contributed by atoms with E-state index in [1.165, 1.54) is 0 Å². The van der Waals surface area contributed by atoms with Gasteiger partial charge in [-0.3, -0.25) is 9.59 Å². The Morgan fingerprint density at radius 3 is 2.06 bits per heavy atom. The number of nitrogens with zero attached hydrogens (tertiary/aromatic N) is 1. The number of fused-ring (bicyclic) bond motifs is 3. The highest BCUT2D eigenvalue weighted by Crippen LogP contribution is 2.44. The van der Waals surface area contributed by atoms with E-state index < -0.39 is 24.5 Å². The third kappa shape index (κ3) is 5.19. The van der Waals surface area contributed by atoms with E-state index in [4.69, 9.17) is 4.74 Å². The molecule has 1 fully saturated rings. The number of piperidine rings is 1. The summed E-state index contributed by atoms with van der Waals surface area (Å²) in [6, 6.07) is 14.9. The molecule has 1 heterocycles. The Morgan fingerprint density at radius 2 is 1.54 bits per heavy atom. The Bertz CT molecular complexity index is 1040. The molecule has 0 radical (unpaired) electrons. The number of carboxylic acid groups (broad SMARTS) is 1. The van der Waals surface area contributed by atoms with E-state index in [9.17, 15) is 19.5 Å². The van der Waals surface area contributed by atoms with Gasteiger partial charge in [-0.2, -0.15) is 0 Å². The number of amides is 2. The van der Waals surface area contributed by atoms with Gasteiger partial charge in [0.15, 0.2) is 0 Å². The van der Waals surface area contributed by atoms with Gasteiger partial charge < -0.3 is 20.1 Å². The fourth-order valence-corrected chi connectivity index (χ4v) is 5.54. The second-order valence-corrected chi connectivity index (χ2v) is 9.65. The van der Waals surface area contributed by atoms with E-state index in [2.05, 4.69) is 31.3 Å². The second-order valence-electron chi connectivity index (χ2n) is 9.65. The van der Waals surface area contributed by atoms with E-state index in [0.717, 1.165) is 47.9 Å². The Balaban J connectivity index is 1.40. The SMILES string of the molecule is CCC1(CC)CCN(C(=O)C(CC(=O)O)NC(=O)OCC2c3ccccc3-c3ccccc32)CC1. The lowest BCUT2D eigenvalue weighted by molar-refractivity contribution is -0.143. The van der Waals surface area contributed by atoms with Crippen LogP contribution in [0.25, 0.3) is 11.1 Å². The van der Waals surface area contributed by atoms with Crippen molar-refractivity contribution >= 4 is 18.0 Å². The molecule has 1 atom stereocenters. The van der Waals surface area contributed by atoms with Crippen molar-refractivity contribution in [3.8, 4) is 11.1 Å². The van der Waals surface area contributed by atoms with E-state index in [1.54, 1.807) is 4.90 Å². The molecule has 0 bridgehead atoms. The molecule has 2 aromatic carbocycles. The lowest BCUT2D eigenvalue weighted by Crippen LogP contribution is -2.52. The van der Waals surface area contributed by atoms with E-state index in [0.29, 0.717) is 13.1 Å². The molecule has 7 heteroatoms. The Morgan fingerprint density at radius 1 is 1.00 bits per heavy atom. The van der Waals surface area contributed by atoms with Gasteiger partial charge in [-0.05, 0) is 40.5 Å². The highest BCUT2D eigenvalue weighted by atomic mass is 16.5. The fraction of sp³-hybridized carbons (Fsp3) is 0.464. The van der Waals surface area contributed by atoms with Gasteiger partial charge in [0.2, 0.25) is 5.91 Å². The van der Waals surface area contributed by atoms with Crippen LogP contribution in [0.2, 0.25) is 0 Å². The highest BCUT2D eigenvalue weighted by Gasteiger charge is 2.36. The van der Waals surface area contributed by atoms with Crippen LogP contribution in [0.15, 0.2) is 48.5 Å². The van der Waals surface area contributed by atoms with Crippen LogP contribution in [0.3, 0.4) is 0 Å². The summed E-state index contributed by atoms with van der Waals surface area (Å²) in [5.74, 6) is -1.61. The Kier molecular flexibility index (Phi) is 7.43. The predicted octanol–water partition coefficient (Wildman–Crippen LogP) is 4.80. The monoisotopic (exact) mass is 478 g/mol. The largest absolute Gasteiger partial charge is 0.481 e. The zero-order valence-corrected chi connectivity index (χ0v) is 20.5. The van der Waals surface area contributed by atoms with E-state index >= 15 is 0 Å². The molecular formula is C28H34N2O5. The summed E-state index contributed by atoms with van der Waals surface area (Å²) in [7, 11) is 0. The predicted molar refractivity (Wildman–Crippen MR) is 133 cm³/mol. The number of ether oxygens (including phenoxy) is 1. The van der Waals surface area contributed by atoms with Crippen LogP contribution in [-0.4, -0.2) is 53.7 Å². The number of carbonyl (C=O) groups excluding carboxylic acids is 2. The molecule has 186 valence electrons. The third-order valence-corrected chi connectivity index (χ3v) is 7.95. The maximum absolute atomic E-state index is 13.1. The first-order valence-corrected chi connectivity index (χ1v) is 12.5. The Hall–Kier alpha value is -3.35. The minimum atomic E-state index is -1.15. The second kappa shape index (κ2) is 10.5. The third-order valence-electron chi connectivity index (χ3n) is 7.95. The first-order chi connectivity index (χ1) is 16.9. The van der Waals surface area contributed by atoms with Crippen LogP contribution < -0.4 is 5.32 Å². The minimum absolute atomic E-state index is 0.104. The molecule has 2 aromatic rings. The average Bonchev–Trinajstić information content (AvgIpc) is 3.20. The number of benzene rings is 2. The van der Waals surface area contributed by atoms with Crippen LogP contribution in [-0.2, 0) is 14.3 Å². The van der Waals surface area contributed by atoms with Crippen molar-refractivity contribution in [2.24, 2.45) is 5.41 Å². The summed E-state index contributed by atoms with van der Waals surface area (Å²) in [4.78, 5) is 39.0. The number of aliphatic carboxylic acids is 1. The molecule has 7 nitrogen and oxygen atoms in total. The van der Waals surface area contributed by atoms with Gasteiger partial charge in [0.05, 0.1) is 6.42 Å². The molecule has 0 spiro atoms. The zero-order chi connectivity index (χ0) is 25.0. The van der Waals surface area contributed by atoms with Gasteiger partial charge in [-0.15, -0.1) is 0 Å². The van der Waals surface area contributed by atoms with Crippen LogP contribution in [0.4, 0.5) is 4.79 Å². The average molecular weight is 479 g/mol. The first kappa shape index (κ1) is 24.8. The van der Waals surface area contributed by atoms with E-state index in [1.807, 2.05) is 36.4 Å². The van der Waals surface area contributed by atoms with Gasteiger partial charge in [0.1, 0.15) is 12.6 Å². The molecule has 0 aromatic heterocycles. The fourth-order valence-electron chi connectivity index (χ4n) is 5.54. The van der Waals surface area contributed by atoms with Crippen molar-refractivity contribution in [1.82, 2.24) is 10.2 Å². The molecule has 1 saturated heterocycles. The maximum Gasteiger partial charge on any atom is 0.407 e. The standard InChI is InChI=1S/C28H34N2O5/c1-3-28(4-2)13-15-30(16-14-28)26(33)24(17-25(31)32)29-27(34)35-18-23-21-11-7-5-9-19(21)20-10-6-8-12-22(20)23/h5-12,23-24H,3-4,13-18H2,1-2H3,(H,29,34)(H,31,32). The molecule has 2 N–H and O–H groups in total. The van der Waals surface area contributed by atoms with Crippen LogP contribution in [0.1, 0.15) is 63.0 Å². The number of hydrogen-bond donors (Lipinski definition) is 2. The summed E-state index contributed by atoms with van der Waals surface area (Å²) in [5, 5.41) is 11.9. The van der Waals surface area contributed by atoms with Crippen LogP contribution in [0.5, 0.6) is 0 Å². The zero-order valence-electron chi connectivity index (χ0n) is 20.5. The number of hydrogen-bond acceptors (Lipinski definition) is 4. The molecule has 1 unspecified atom stereocenters. The summed E-state index contributed by atoms with van der Waals surface area (Å²) in [5.41, 5.74) is 4.65. The summed E-state index contributed by atoms with van der Waals surface area (Å²) in [6.45, 7) is 5.60. The van der Waals surface area contributed by atoms with Crippen molar-refractivity contribution in [2.45, 2.75) is 57.9 Å². The molecule has 2 aliphatic rings. The smallest absolute Gasteiger partial charge is 0.407 e. The number of likely N-dealkylation sites (tertiary alicyclic amines) is 1. The van der Waals surface area contributed by atoms with Crippen LogP contribution in [0, 0.1) is 5.41 Å². The van der Waals surface area contributed by atoms with Gasteiger partial charge in [-0.1, -0.05) is 75.2 Å². The van der Waals surface area contributed by atoms with Gasteiger partial charge in [0, 0.05) is 19.0 Å². The summed E-state index contributed by atoms with van der Waals surface area (Å²) < 4.78 is 5.54. The molecule has 1 aliphatic carbocycles. The van der Waals surface area contributed by atoms with Crippen molar-refractivity contribution in [2.75, 3.05) is 19.7 Å². The van der Waals surface area contributed by atoms with Gasteiger partial charge in [0.25, 0.3) is 0 Å². The minimum Gasteiger partial charge on any atom is -0.481 e. The first-order valence-electron chi connectivity index (χ1n) is 12.5. The van der Waals surface area contributed by atoms with Gasteiger partial charge >= 0.3 is 12.1 Å². The molecule has 4 rings (SSSR count). The van der Waals surface area contributed by atoms with Crippen LogP contribution >= 0.6 is 0 Å².